The van der Waals surface area contributed by atoms with Crippen LogP contribution in [0.3, 0.4) is 0 Å². The molecule has 96 valence electrons. The highest BCUT2D eigenvalue weighted by molar-refractivity contribution is 5.93. The normalized spacial score (nSPS) is 18.7. The van der Waals surface area contributed by atoms with Crippen LogP contribution in [-0.4, -0.2) is 39.6 Å². The minimum absolute atomic E-state index is 0.379. The lowest BCUT2D eigenvalue weighted by Gasteiger charge is -2.22. The van der Waals surface area contributed by atoms with E-state index in [-0.39, 0.29) is 6.03 Å². The number of aromatic nitrogens is 1. The Bertz CT molecular complexity index is 475. The molecule has 1 aliphatic heterocycles. The van der Waals surface area contributed by atoms with E-state index in [1.165, 1.54) is 4.90 Å². The minimum Gasteiger partial charge on any atom is -0.480 e. The SMILES string of the molecule is Cc1ccncc1NC(=O)N1CCC[C@H]1C(=O)O. The lowest BCUT2D eigenvalue weighted by molar-refractivity contribution is -0.141. The largest absolute Gasteiger partial charge is 0.480 e. The second-order valence-corrected chi connectivity index (χ2v) is 4.31. The van der Waals surface area contributed by atoms with Crippen molar-refractivity contribution in [3.63, 3.8) is 0 Å². The lowest BCUT2D eigenvalue weighted by atomic mass is 10.2. The Morgan fingerprint density at radius 1 is 1.56 bits per heavy atom. The molecule has 2 N–H and O–H groups in total. The van der Waals surface area contributed by atoms with Crippen molar-refractivity contribution in [2.24, 2.45) is 0 Å². The number of nitrogens with one attached hydrogen (secondary N) is 1. The minimum atomic E-state index is -0.953. The number of urea groups is 1. The van der Waals surface area contributed by atoms with E-state index in [0.717, 1.165) is 12.0 Å². The summed E-state index contributed by atoms with van der Waals surface area (Å²) < 4.78 is 0. The van der Waals surface area contributed by atoms with E-state index in [2.05, 4.69) is 10.3 Å². The summed E-state index contributed by atoms with van der Waals surface area (Å²) in [5, 5.41) is 11.7. The van der Waals surface area contributed by atoms with E-state index in [0.29, 0.717) is 18.7 Å². The zero-order valence-corrected chi connectivity index (χ0v) is 10.1. The molecule has 18 heavy (non-hydrogen) atoms. The number of aryl methyl sites for hydroxylation is 1. The Labute approximate surface area is 105 Å². The number of anilines is 1. The molecule has 2 rings (SSSR count). The van der Waals surface area contributed by atoms with E-state index in [1.54, 1.807) is 18.5 Å². The Morgan fingerprint density at radius 2 is 2.33 bits per heavy atom. The quantitative estimate of drug-likeness (QED) is 0.831. The summed E-state index contributed by atoms with van der Waals surface area (Å²) in [4.78, 5) is 28.3. The molecule has 1 aromatic rings. The van der Waals surface area contributed by atoms with Crippen LogP contribution in [0.4, 0.5) is 10.5 Å². The number of carbonyl (C=O) groups is 2. The fourth-order valence-electron chi connectivity index (χ4n) is 2.05. The summed E-state index contributed by atoms with van der Waals surface area (Å²) in [7, 11) is 0. The number of carboxylic acid groups (broad SMARTS) is 1. The molecule has 2 amide bonds. The Kier molecular flexibility index (Phi) is 3.45. The number of rotatable bonds is 2. The van der Waals surface area contributed by atoms with Gasteiger partial charge in [0, 0.05) is 12.7 Å². The van der Waals surface area contributed by atoms with Gasteiger partial charge >= 0.3 is 12.0 Å². The van der Waals surface area contributed by atoms with Gasteiger partial charge in [0.15, 0.2) is 0 Å². The number of carboxylic acids is 1. The summed E-state index contributed by atoms with van der Waals surface area (Å²) >= 11 is 0. The summed E-state index contributed by atoms with van der Waals surface area (Å²) in [5.74, 6) is -0.953. The highest BCUT2D eigenvalue weighted by Crippen LogP contribution is 2.20. The molecule has 1 aromatic heterocycles. The van der Waals surface area contributed by atoms with Crippen LogP contribution in [0, 0.1) is 6.92 Å². The highest BCUT2D eigenvalue weighted by atomic mass is 16.4. The molecule has 1 atom stereocenters. The Morgan fingerprint density at radius 3 is 3.00 bits per heavy atom. The number of amides is 2. The fraction of sp³-hybridized carbons (Fsp3) is 0.417. The van der Waals surface area contributed by atoms with Gasteiger partial charge in [0.2, 0.25) is 0 Å². The first-order valence-corrected chi connectivity index (χ1v) is 5.80. The zero-order chi connectivity index (χ0) is 13.1. The van der Waals surface area contributed by atoms with Gasteiger partial charge in [-0.1, -0.05) is 0 Å². The van der Waals surface area contributed by atoms with Crippen LogP contribution in [0.5, 0.6) is 0 Å². The van der Waals surface area contributed by atoms with Crippen LogP contribution in [0.15, 0.2) is 18.5 Å². The third-order valence-electron chi connectivity index (χ3n) is 3.08. The molecule has 0 bridgehead atoms. The summed E-state index contributed by atoms with van der Waals surface area (Å²) in [5.41, 5.74) is 1.50. The number of likely N-dealkylation sites (tertiary alicyclic amines) is 1. The van der Waals surface area contributed by atoms with Crippen molar-refractivity contribution in [2.45, 2.75) is 25.8 Å². The van der Waals surface area contributed by atoms with Crippen molar-refractivity contribution >= 4 is 17.7 Å². The molecule has 1 fully saturated rings. The monoisotopic (exact) mass is 249 g/mol. The maximum atomic E-state index is 12.0. The smallest absolute Gasteiger partial charge is 0.326 e. The van der Waals surface area contributed by atoms with E-state index < -0.39 is 12.0 Å². The average Bonchev–Trinajstić information content (AvgIpc) is 2.81. The molecule has 1 saturated heterocycles. The summed E-state index contributed by atoms with van der Waals surface area (Å²) in [6, 6.07) is 0.687. The summed E-state index contributed by atoms with van der Waals surface area (Å²) in [6.45, 7) is 2.33. The van der Waals surface area contributed by atoms with Crippen LogP contribution in [0.25, 0.3) is 0 Å². The molecule has 0 unspecified atom stereocenters. The molecule has 0 radical (unpaired) electrons. The standard InChI is InChI=1S/C12H15N3O3/c1-8-4-5-13-7-9(8)14-12(18)15-6-2-3-10(15)11(16)17/h4-5,7,10H,2-3,6H2,1H3,(H,14,18)(H,16,17)/t10-/m0/s1. The molecule has 2 heterocycles. The topological polar surface area (TPSA) is 82.5 Å². The van der Waals surface area contributed by atoms with Gasteiger partial charge in [0.05, 0.1) is 11.9 Å². The average molecular weight is 249 g/mol. The number of hydrogen-bond acceptors (Lipinski definition) is 3. The molecule has 0 spiro atoms. The van der Waals surface area contributed by atoms with Crippen LogP contribution in [-0.2, 0) is 4.79 Å². The third-order valence-corrected chi connectivity index (χ3v) is 3.08. The van der Waals surface area contributed by atoms with E-state index in [9.17, 15) is 9.59 Å². The molecule has 6 nitrogen and oxygen atoms in total. The first kappa shape index (κ1) is 12.3. The van der Waals surface area contributed by atoms with Crippen molar-refractivity contribution in [3.05, 3.63) is 24.0 Å². The molecular formula is C12H15N3O3. The molecule has 1 aliphatic rings. The number of hydrogen-bond donors (Lipinski definition) is 2. The Balaban J connectivity index is 2.08. The van der Waals surface area contributed by atoms with Crippen LogP contribution >= 0.6 is 0 Å². The second-order valence-electron chi connectivity index (χ2n) is 4.31. The van der Waals surface area contributed by atoms with E-state index in [1.807, 2.05) is 6.92 Å². The van der Waals surface area contributed by atoms with Crippen LogP contribution in [0.1, 0.15) is 18.4 Å². The third kappa shape index (κ3) is 2.42. The van der Waals surface area contributed by atoms with Gasteiger partial charge in [-0.2, -0.15) is 0 Å². The van der Waals surface area contributed by atoms with Crippen LogP contribution < -0.4 is 5.32 Å². The predicted octanol–water partition coefficient (Wildman–Crippen LogP) is 1.47. The van der Waals surface area contributed by atoms with E-state index >= 15 is 0 Å². The number of nitrogens with zero attached hydrogens (tertiary/aromatic N) is 2. The molecular weight excluding hydrogens is 234 g/mol. The van der Waals surface area contributed by atoms with Gasteiger partial charge in [-0.05, 0) is 31.4 Å². The summed E-state index contributed by atoms with van der Waals surface area (Å²) in [6.07, 6.45) is 4.42. The lowest BCUT2D eigenvalue weighted by Crippen LogP contribution is -2.42. The fourth-order valence-corrected chi connectivity index (χ4v) is 2.05. The first-order chi connectivity index (χ1) is 8.59. The highest BCUT2D eigenvalue weighted by Gasteiger charge is 2.34. The van der Waals surface area contributed by atoms with Crippen molar-refractivity contribution in [2.75, 3.05) is 11.9 Å². The van der Waals surface area contributed by atoms with Gasteiger partial charge in [0.1, 0.15) is 6.04 Å². The molecule has 0 aromatic carbocycles. The molecule has 6 heteroatoms. The molecule has 0 saturated carbocycles. The number of aliphatic carboxylic acids is 1. The maximum absolute atomic E-state index is 12.0. The van der Waals surface area contributed by atoms with E-state index in [4.69, 9.17) is 5.11 Å². The van der Waals surface area contributed by atoms with Gasteiger partial charge in [-0.3, -0.25) is 4.98 Å². The van der Waals surface area contributed by atoms with Gasteiger partial charge in [0.25, 0.3) is 0 Å². The van der Waals surface area contributed by atoms with Crippen molar-refractivity contribution in [1.82, 2.24) is 9.88 Å². The van der Waals surface area contributed by atoms with Crippen molar-refractivity contribution < 1.29 is 14.7 Å². The second kappa shape index (κ2) is 5.03. The van der Waals surface area contributed by atoms with Gasteiger partial charge < -0.3 is 15.3 Å². The number of pyridine rings is 1. The van der Waals surface area contributed by atoms with Gasteiger partial charge in [-0.15, -0.1) is 0 Å². The zero-order valence-electron chi connectivity index (χ0n) is 10.1. The maximum Gasteiger partial charge on any atom is 0.326 e. The van der Waals surface area contributed by atoms with Crippen molar-refractivity contribution in [3.8, 4) is 0 Å². The molecule has 0 aliphatic carbocycles. The van der Waals surface area contributed by atoms with Crippen molar-refractivity contribution in [1.29, 1.82) is 0 Å². The number of carbonyl (C=O) groups excluding carboxylic acids is 1. The predicted molar refractivity (Wildman–Crippen MR) is 65.4 cm³/mol. The first-order valence-electron chi connectivity index (χ1n) is 5.80. The Hall–Kier alpha value is -2.11. The van der Waals surface area contributed by atoms with Crippen LogP contribution in [0.2, 0.25) is 0 Å². The van der Waals surface area contributed by atoms with Gasteiger partial charge in [-0.25, -0.2) is 9.59 Å².